The summed E-state index contributed by atoms with van der Waals surface area (Å²) in [7, 11) is 3.84. The topological polar surface area (TPSA) is 46.3 Å². The van der Waals surface area contributed by atoms with E-state index in [9.17, 15) is 4.79 Å². The lowest BCUT2D eigenvalue weighted by atomic mass is 10.0. The summed E-state index contributed by atoms with van der Waals surface area (Å²) in [6.07, 6.45) is 0. The van der Waals surface area contributed by atoms with E-state index < -0.39 is 0 Å². The lowest BCUT2D eigenvalue weighted by Gasteiger charge is -2.17. The maximum absolute atomic E-state index is 11.6. The average Bonchev–Trinajstić information content (AvgIpc) is 2.16. The highest BCUT2D eigenvalue weighted by atomic mass is 16.1. The Morgan fingerprint density at radius 3 is 2.57 bits per heavy atom. The predicted octanol–water partition coefficient (Wildman–Crippen LogP) is 1.20. The highest BCUT2D eigenvalue weighted by molar-refractivity contribution is 6.03. The molecule has 0 atom stereocenters. The molecule has 1 rings (SSSR count). The molecular weight excluding hydrogens is 176 g/mol. The molecule has 2 N–H and O–H groups in total. The Morgan fingerprint density at radius 2 is 2.07 bits per heavy atom. The van der Waals surface area contributed by atoms with Gasteiger partial charge in [0.05, 0.1) is 6.54 Å². The van der Waals surface area contributed by atoms with Gasteiger partial charge in [0.25, 0.3) is 0 Å². The van der Waals surface area contributed by atoms with E-state index in [1.54, 1.807) is 0 Å². The van der Waals surface area contributed by atoms with Crippen molar-refractivity contribution in [2.24, 2.45) is 5.73 Å². The minimum absolute atomic E-state index is 0.00759. The lowest BCUT2D eigenvalue weighted by molar-refractivity contribution is 0.100. The number of hydrogen-bond acceptors (Lipinski definition) is 3. The molecule has 3 nitrogen and oxygen atoms in total. The van der Waals surface area contributed by atoms with E-state index in [0.717, 1.165) is 16.8 Å². The van der Waals surface area contributed by atoms with E-state index in [0.29, 0.717) is 0 Å². The zero-order chi connectivity index (χ0) is 10.7. The monoisotopic (exact) mass is 192 g/mol. The Hall–Kier alpha value is -1.35. The van der Waals surface area contributed by atoms with Crippen molar-refractivity contribution in [2.45, 2.75) is 6.92 Å². The van der Waals surface area contributed by atoms with E-state index in [1.165, 1.54) is 0 Å². The summed E-state index contributed by atoms with van der Waals surface area (Å²) in [5.74, 6) is -0.00759. The molecule has 1 aromatic rings. The maximum atomic E-state index is 11.6. The van der Waals surface area contributed by atoms with Gasteiger partial charge in [-0.05, 0) is 18.6 Å². The third kappa shape index (κ3) is 1.93. The van der Waals surface area contributed by atoms with Crippen LogP contribution in [0.3, 0.4) is 0 Å². The van der Waals surface area contributed by atoms with Gasteiger partial charge in [-0.15, -0.1) is 0 Å². The number of carbonyl (C=O) groups is 1. The Balaban J connectivity index is 3.29. The first-order chi connectivity index (χ1) is 6.57. The normalized spacial score (nSPS) is 10.0. The van der Waals surface area contributed by atoms with Gasteiger partial charge in [-0.1, -0.05) is 12.1 Å². The predicted molar refractivity (Wildman–Crippen MR) is 58.9 cm³/mol. The van der Waals surface area contributed by atoms with Gasteiger partial charge in [0.15, 0.2) is 5.78 Å². The number of Topliss-reactive ketones (excluding diaryl/α,β-unsaturated/α-hetero) is 1. The molecule has 0 aliphatic heterocycles. The Labute approximate surface area is 84.5 Å². The number of nitrogens with two attached hydrogens (primary N) is 1. The average molecular weight is 192 g/mol. The summed E-state index contributed by atoms with van der Waals surface area (Å²) < 4.78 is 0. The number of rotatable bonds is 3. The van der Waals surface area contributed by atoms with E-state index in [-0.39, 0.29) is 12.3 Å². The summed E-state index contributed by atoms with van der Waals surface area (Å²) in [5, 5.41) is 0. The molecule has 0 unspecified atom stereocenters. The van der Waals surface area contributed by atoms with Crippen molar-refractivity contribution in [3.05, 3.63) is 29.3 Å². The summed E-state index contributed by atoms with van der Waals surface area (Å²) in [5.41, 5.74) is 8.02. The van der Waals surface area contributed by atoms with Crippen molar-refractivity contribution in [3.63, 3.8) is 0 Å². The molecule has 0 aromatic heterocycles. The van der Waals surface area contributed by atoms with Crippen LogP contribution in [0.5, 0.6) is 0 Å². The molecular formula is C11H16N2O. The van der Waals surface area contributed by atoms with Crippen molar-refractivity contribution >= 4 is 11.5 Å². The van der Waals surface area contributed by atoms with Gasteiger partial charge in [-0.2, -0.15) is 0 Å². The van der Waals surface area contributed by atoms with Gasteiger partial charge in [0.1, 0.15) is 0 Å². The van der Waals surface area contributed by atoms with Gasteiger partial charge in [-0.3, -0.25) is 4.79 Å². The van der Waals surface area contributed by atoms with Crippen LogP contribution < -0.4 is 10.6 Å². The van der Waals surface area contributed by atoms with Crippen LogP contribution in [0, 0.1) is 6.92 Å². The molecule has 0 aliphatic carbocycles. The van der Waals surface area contributed by atoms with E-state index in [4.69, 9.17) is 5.73 Å². The molecule has 0 radical (unpaired) electrons. The van der Waals surface area contributed by atoms with Crippen molar-refractivity contribution < 1.29 is 4.79 Å². The second-order valence-electron chi connectivity index (χ2n) is 3.49. The van der Waals surface area contributed by atoms with E-state index in [1.807, 2.05) is 44.1 Å². The smallest absolute Gasteiger partial charge is 0.178 e. The molecule has 0 saturated heterocycles. The molecule has 0 amide bonds. The van der Waals surface area contributed by atoms with Gasteiger partial charge in [0.2, 0.25) is 0 Å². The highest BCUT2D eigenvalue weighted by Gasteiger charge is 2.13. The molecule has 3 heteroatoms. The molecule has 76 valence electrons. The Kier molecular flexibility index (Phi) is 3.25. The zero-order valence-electron chi connectivity index (χ0n) is 8.87. The SMILES string of the molecule is Cc1cccc(N(C)C)c1C(=O)CN. The fourth-order valence-electron chi connectivity index (χ4n) is 1.49. The number of nitrogens with zero attached hydrogens (tertiary/aromatic N) is 1. The van der Waals surface area contributed by atoms with Crippen molar-refractivity contribution in [1.82, 2.24) is 0 Å². The van der Waals surface area contributed by atoms with Gasteiger partial charge in [-0.25, -0.2) is 0 Å². The second kappa shape index (κ2) is 4.24. The minimum atomic E-state index is -0.00759. The maximum Gasteiger partial charge on any atom is 0.178 e. The number of aryl methyl sites for hydroxylation is 1. The number of anilines is 1. The summed E-state index contributed by atoms with van der Waals surface area (Å²) >= 11 is 0. The molecule has 0 saturated carbocycles. The molecule has 14 heavy (non-hydrogen) atoms. The molecule has 0 aliphatic rings. The summed E-state index contributed by atoms with van der Waals surface area (Å²) in [4.78, 5) is 13.5. The van der Waals surface area contributed by atoms with Crippen LogP contribution in [0.25, 0.3) is 0 Å². The first-order valence-corrected chi connectivity index (χ1v) is 4.58. The third-order valence-electron chi connectivity index (χ3n) is 2.20. The zero-order valence-corrected chi connectivity index (χ0v) is 8.87. The van der Waals surface area contributed by atoms with Crippen molar-refractivity contribution in [3.8, 4) is 0 Å². The Morgan fingerprint density at radius 1 is 1.43 bits per heavy atom. The lowest BCUT2D eigenvalue weighted by Crippen LogP contribution is -2.20. The first-order valence-electron chi connectivity index (χ1n) is 4.58. The van der Waals surface area contributed by atoms with Gasteiger partial charge in [0, 0.05) is 25.3 Å². The van der Waals surface area contributed by atoms with Crippen molar-refractivity contribution in [1.29, 1.82) is 0 Å². The highest BCUT2D eigenvalue weighted by Crippen LogP contribution is 2.21. The Bertz CT molecular complexity index is 345. The molecule has 0 bridgehead atoms. The van der Waals surface area contributed by atoms with Crippen molar-refractivity contribution in [2.75, 3.05) is 25.5 Å². The number of hydrogen-bond donors (Lipinski definition) is 1. The summed E-state index contributed by atoms with van der Waals surface area (Å²) in [6, 6.07) is 5.80. The number of carbonyl (C=O) groups excluding carboxylic acids is 1. The first kappa shape index (κ1) is 10.7. The fourth-order valence-corrected chi connectivity index (χ4v) is 1.49. The standard InChI is InChI=1S/C11H16N2O/c1-8-5-4-6-9(13(2)3)11(8)10(14)7-12/h4-6H,7,12H2,1-3H3. The summed E-state index contributed by atoms with van der Waals surface area (Å²) in [6.45, 7) is 1.99. The minimum Gasteiger partial charge on any atom is -0.377 e. The largest absolute Gasteiger partial charge is 0.377 e. The van der Waals surface area contributed by atoms with Crippen LogP contribution >= 0.6 is 0 Å². The van der Waals surface area contributed by atoms with Crippen LogP contribution in [0.1, 0.15) is 15.9 Å². The molecule has 0 spiro atoms. The molecule has 0 fully saturated rings. The third-order valence-corrected chi connectivity index (χ3v) is 2.20. The van der Waals surface area contributed by atoms with Gasteiger partial charge >= 0.3 is 0 Å². The van der Waals surface area contributed by atoms with Crippen LogP contribution in [-0.4, -0.2) is 26.4 Å². The van der Waals surface area contributed by atoms with Gasteiger partial charge < -0.3 is 10.6 Å². The van der Waals surface area contributed by atoms with Crippen LogP contribution in [0.15, 0.2) is 18.2 Å². The quantitative estimate of drug-likeness (QED) is 0.732. The van der Waals surface area contributed by atoms with E-state index in [2.05, 4.69) is 0 Å². The number of benzene rings is 1. The van der Waals surface area contributed by atoms with Crippen LogP contribution in [0.4, 0.5) is 5.69 Å². The van der Waals surface area contributed by atoms with Crippen LogP contribution in [0.2, 0.25) is 0 Å². The number of ketones is 1. The molecule has 0 heterocycles. The molecule has 1 aromatic carbocycles. The second-order valence-corrected chi connectivity index (χ2v) is 3.49. The fraction of sp³-hybridized carbons (Fsp3) is 0.364. The van der Waals surface area contributed by atoms with E-state index >= 15 is 0 Å². The van der Waals surface area contributed by atoms with Crippen LogP contribution in [-0.2, 0) is 0 Å².